The van der Waals surface area contributed by atoms with E-state index in [0.29, 0.717) is 23.2 Å². The molecule has 0 unspecified atom stereocenters. The van der Waals surface area contributed by atoms with E-state index in [1.807, 2.05) is 0 Å². The number of likely N-dealkylation sites (tertiary alicyclic amines) is 1. The predicted octanol–water partition coefficient (Wildman–Crippen LogP) is 1.97. The van der Waals surface area contributed by atoms with Crippen LogP contribution >= 0.6 is 11.6 Å². The zero-order valence-electron chi connectivity index (χ0n) is 12.3. The fourth-order valence-corrected chi connectivity index (χ4v) is 3.98. The molecule has 1 fully saturated rings. The zero-order valence-corrected chi connectivity index (χ0v) is 13.9. The van der Waals surface area contributed by atoms with E-state index in [2.05, 4.69) is 16.7 Å². The fraction of sp³-hybridized carbons (Fsp3) is 0.571. The smallest absolute Gasteiger partial charge is 0.244 e. The average Bonchev–Trinajstić information content (AvgIpc) is 2.47. The SMILES string of the molecule is COc1ccc(Cl)cc1S(=O)(=O)NCC1CCN(C)CC1. The number of benzene rings is 1. The summed E-state index contributed by atoms with van der Waals surface area (Å²) in [4.78, 5) is 2.34. The molecule has 1 aliphatic rings. The van der Waals surface area contributed by atoms with Crippen LogP contribution in [0, 0.1) is 5.92 Å². The number of piperidine rings is 1. The molecule has 1 aromatic rings. The van der Waals surface area contributed by atoms with E-state index in [9.17, 15) is 8.42 Å². The average molecular weight is 333 g/mol. The number of methoxy groups -OCH3 is 1. The number of hydrogen-bond donors (Lipinski definition) is 1. The Morgan fingerprint density at radius 3 is 2.67 bits per heavy atom. The van der Waals surface area contributed by atoms with Gasteiger partial charge in [-0.3, -0.25) is 0 Å². The van der Waals surface area contributed by atoms with Crippen LogP contribution in [0.1, 0.15) is 12.8 Å². The van der Waals surface area contributed by atoms with Gasteiger partial charge in [-0.05, 0) is 57.1 Å². The summed E-state index contributed by atoms with van der Waals surface area (Å²) in [7, 11) is -0.0872. The number of ether oxygens (including phenoxy) is 1. The summed E-state index contributed by atoms with van der Waals surface area (Å²) in [6.45, 7) is 2.46. The van der Waals surface area contributed by atoms with Crippen LogP contribution in [-0.2, 0) is 10.0 Å². The molecule has 118 valence electrons. The van der Waals surface area contributed by atoms with E-state index in [4.69, 9.17) is 16.3 Å². The van der Waals surface area contributed by atoms with Crippen LogP contribution in [0.25, 0.3) is 0 Å². The monoisotopic (exact) mass is 332 g/mol. The fourth-order valence-electron chi connectivity index (χ4n) is 2.43. The predicted molar refractivity (Wildman–Crippen MR) is 83.4 cm³/mol. The third-order valence-electron chi connectivity index (χ3n) is 3.82. The molecule has 0 saturated carbocycles. The minimum Gasteiger partial charge on any atom is -0.495 e. The van der Waals surface area contributed by atoms with Gasteiger partial charge in [0.25, 0.3) is 0 Å². The highest BCUT2D eigenvalue weighted by Gasteiger charge is 2.23. The van der Waals surface area contributed by atoms with E-state index in [0.717, 1.165) is 25.9 Å². The Kier molecular flexibility index (Phi) is 5.48. The van der Waals surface area contributed by atoms with Gasteiger partial charge in [-0.15, -0.1) is 0 Å². The van der Waals surface area contributed by atoms with Crippen molar-refractivity contribution in [1.29, 1.82) is 0 Å². The molecule has 0 bridgehead atoms. The van der Waals surface area contributed by atoms with Crippen molar-refractivity contribution in [1.82, 2.24) is 9.62 Å². The molecule has 0 aliphatic carbocycles. The van der Waals surface area contributed by atoms with E-state index in [1.165, 1.54) is 13.2 Å². The number of nitrogens with zero attached hydrogens (tertiary/aromatic N) is 1. The second kappa shape index (κ2) is 6.96. The molecule has 1 saturated heterocycles. The molecule has 2 rings (SSSR count). The van der Waals surface area contributed by atoms with Gasteiger partial charge in [0, 0.05) is 11.6 Å². The van der Waals surface area contributed by atoms with Crippen LogP contribution in [0.5, 0.6) is 5.75 Å². The maximum atomic E-state index is 12.4. The van der Waals surface area contributed by atoms with Gasteiger partial charge in [-0.25, -0.2) is 13.1 Å². The summed E-state index contributed by atoms with van der Waals surface area (Å²) in [5.74, 6) is 0.677. The highest BCUT2D eigenvalue weighted by molar-refractivity contribution is 7.89. The molecule has 0 radical (unpaired) electrons. The Balaban J connectivity index is 2.06. The molecule has 1 aromatic carbocycles. The molecule has 1 N–H and O–H groups in total. The van der Waals surface area contributed by atoms with Crippen LogP contribution in [0.15, 0.2) is 23.1 Å². The minimum atomic E-state index is -3.61. The van der Waals surface area contributed by atoms with E-state index in [-0.39, 0.29) is 4.90 Å². The number of sulfonamides is 1. The maximum absolute atomic E-state index is 12.4. The van der Waals surface area contributed by atoms with Crippen molar-refractivity contribution in [2.24, 2.45) is 5.92 Å². The topological polar surface area (TPSA) is 58.6 Å². The first-order valence-corrected chi connectivity index (χ1v) is 8.80. The number of halogens is 1. The van der Waals surface area contributed by atoms with Crippen LogP contribution in [0.3, 0.4) is 0 Å². The molecule has 21 heavy (non-hydrogen) atoms. The quantitative estimate of drug-likeness (QED) is 0.895. The number of rotatable bonds is 5. The van der Waals surface area contributed by atoms with Crippen molar-refractivity contribution in [2.45, 2.75) is 17.7 Å². The van der Waals surface area contributed by atoms with Gasteiger partial charge in [0.2, 0.25) is 10.0 Å². The van der Waals surface area contributed by atoms with Gasteiger partial charge >= 0.3 is 0 Å². The van der Waals surface area contributed by atoms with Gasteiger partial charge < -0.3 is 9.64 Å². The first kappa shape index (κ1) is 16.5. The second-order valence-corrected chi connectivity index (χ2v) is 7.57. The van der Waals surface area contributed by atoms with E-state index in [1.54, 1.807) is 12.1 Å². The molecule has 1 aliphatic heterocycles. The van der Waals surface area contributed by atoms with Gasteiger partial charge in [0.05, 0.1) is 7.11 Å². The summed E-state index contributed by atoms with van der Waals surface area (Å²) >= 11 is 5.89. The summed E-state index contributed by atoms with van der Waals surface area (Å²) in [5.41, 5.74) is 0. The lowest BCUT2D eigenvalue weighted by atomic mass is 9.98. The molecule has 0 spiro atoms. The van der Waals surface area contributed by atoms with Crippen molar-refractivity contribution in [3.05, 3.63) is 23.2 Å². The Morgan fingerprint density at radius 2 is 2.05 bits per heavy atom. The van der Waals surface area contributed by atoms with Crippen molar-refractivity contribution in [3.63, 3.8) is 0 Å². The minimum absolute atomic E-state index is 0.0884. The first-order valence-electron chi connectivity index (χ1n) is 6.94. The van der Waals surface area contributed by atoms with E-state index >= 15 is 0 Å². The van der Waals surface area contributed by atoms with Gasteiger partial charge in [-0.1, -0.05) is 11.6 Å². The lowest BCUT2D eigenvalue weighted by Crippen LogP contribution is -2.36. The Bertz CT molecular complexity index is 584. The molecule has 0 amide bonds. The highest BCUT2D eigenvalue weighted by atomic mass is 35.5. The molecule has 0 aromatic heterocycles. The molecule has 0 atom stereocenters. The molecular weight excluding hydrogens is 312 g/mol. The van der Waals surface area contributed by atoms with E-state index < -0.39 is 10.0 Å². The van der Waals surface area contributed by atoms with Gasteiger partial charge in [0.1, 0.15) is 10.6 Å². The third kappa shape index (κ3) is 4.32. The molecule has 5 nitrogen and oxygen atoms in total. The van der Waals surface area contributed by atoms with Crippen LogP contribution in [-0.4, -0.2) is 47.1 Å². The van der Waals surface area contributed by atoms with Crippen LogP contribution < -0.4 is 9.46 Å². The second-order valence-electron chi connectivity index (χ2n) is 5.39. The van der Waals surface area contributed by atoms with Crippen molar-refractivity contribution >= 4 is 21.6 Å². The van der Waals surface area contributed by atoms with Crippen LogP contribution in [0.2, 0.25) is 5.02 Å². The van der Waals surface area contributed by atoms with Crippen molar-refractivity contribution in [3.8, 4) is 5.75 Å². The maximum Gasteiger partial charge on any atom is 0.244 e. The Morgan fingerprint density at radius 1 is 1.38 bits per heavy atom. The summed E-state index contributed by atoms with van der Waals surface area (Å²) in [6, 6.07) is 4.58. The summed E-state index contributed by atoms with van der Waals surface area (Å²) in [5, 5.41) is 0.371. The lowest BCUT2D eigenvalue weighted by molar-refractivity contribution is 0.220. The largest absolute Gasteiger partial charge is 0.495 e. The van der Waals surface area contributed by atoms with Crippen molar-refractivity contribution in [2.75, 3.05) is 33.8 Å². The van der Waals surface area contributed by atoms with Gasteiger partial charge in [0.15, 0.2) is 0 Å². The van der Waals surface area contributed by atoms with Crippen LogP contribution in [0.4, 0.5) is 0 Å². The molecular formula is C14H21ClN2O3S. The third-order valence-corrected chi connectivity index (χ3v) is 5.50. The zero-order chi connectivity index (χ0) is 15.5. The normalized spacial score (nSPS) is 17.9. The highest BCUT2D eigenvalue weighted by Crippen LogP contribution is 2.27. The standard InChI is InChI=1S/C14H21ClN2O3S/c1-17-7-5-11(6-8-17)10-16-21(18,19)14-9-12(15)3-4-13(14)20-2/h3-4,9,11,16H,5-8,10H2,1-2H3. The summed E-state index contributed by atoms with van der Waals surface area (Å²) in [6.07, 6.45) is 2.01. The van der Waals surface area contributed by atoms with Crippen molar-refractivity contribution < 1.29 is 13.2 Å². The lowest BCUT2D eigenvalue weighted by Gasteiger charge is -2.28. The Hall–Kier alpha value is -0.820. The number of hydrogen-bond acceptors (Lipinski definition) is 4. The Labute approximate surface area is 131 Å². The first-order chi connectivity index (χ1) is 9.92. The molecule has 7 heteroatoms. The van der Waals surface area contributed by atoms with Gasteiger partial charge in [-0.2, -0.15) is 0 Å². The summed E-state index contributed by atoms with van der Waals surface area (Å²) < 4.78 is 32.6. The molecule has 1 heterocycles. The number of nitrogens with one attached hydrogen (secondary N) is 1.